The molecule has 0 aliphatic heterocycles. The molecule has 0 radical (unpaired) electrons. The van der Waals surface area contributed by atoms with E-state index in [0.717, 1.165) is 0 Å². The third kappa shape index (κ3) is 3.89. The summed E-state index contributed by atoms with van der Waals surface area (Å²) in [4.78, 5) is 15.7. The largest absolute Gasteiger partial charge is 0.435 e. The number of hydrogen-bond donors (Lipinski definition) is 1. The molecular formula is C13H9ClF2N2O2. The Labute approximate surface area is 118 Å². The van der Waals surface area contributed by atoms with Gasteiger partial charge in [-0.15, -0.1) is 0 Å². The van der Waals surface area contributed by atoms with Gasteiger partial charge in [0.1, 0.15) is 10.9 Å². The quantitative estimate of drug-likeness (QED) is 0.878. The first-order chi connectivity index (χ1) is 9.54. The van der Waals surface area contributed by atoms with E-state index in [1.54, 1.807) is 6.07 Å². The summed E-state index contributed by atoms with van der Waals surface area (Å²) in [6.45, 7) is -2.92. The Morgan fingerprint density at radius 3 is 2.75 bits per heavy atom. The molecule has 0 fully saturated rings. The SMILES string of the molecule is O=C(Nc1cccc(OC(F)F)c1)c1ccc(Cl)nc1. The van der Waals surface area contributed by atoms with E-state index in [4.69, 9.17) is 11.6 Å². The highest BCUT2D eigenvalue weighted by Gasteiger charge is 2.08. The van der Waals surface area contributed by atoms with Gasteiger partial charge in [0.2, 0.25) is 0 Å². The van der Waals surface area contributed by atoms with Gasteiger partial charge in [-0.2, -0.15) is 8.78 Å². The fraction of sp³-hybridized carbons (Fsp3) is 0.0769. The molecule has 2 aromatic rings. The highest BCUT2D eigenvalue weighted by atomic mass is 35.5. The maximum absolute atomic E-state index is 12.1. The van der Waals surface area contributed by atoms with Crippen LogP contribution in [0.3, 0.4) is 0 Å². The third-order valence-electron chi connectivity index (χ3n) is 2.31. The average molecular weight is 299 g/mol. The molecule has 1 aromatic carbocycles. The van der Waals surface area contributed by atoms with Gasteiger partial charge in [0.25, 0.3) is 5.91 Å². The first-order valence-corrected chi connectivity index (χ1v) is 5.90. The number of carbonyl (C=O) groups is 1. The zero-order valence-electron chi connectivity index (χ0n) is 10.0. The first-order valence-electron chi connectivity index (χ1n) is 5.52. The van der Waals surface area contributed by atoms with Crippen LogP contribution in [0.1, 0.15) is 10.4 Å². The molecule has 0 saturated heterocycles. The number of ether oxygens (including phenoxy) is 1. The van der Waals surface area contributed by atoms with Crippen LogP contribution in [0.5, 0.6) is 5.75 Å². The van der Waals surface area contributed by atoms with Crippen molar-refractivity contribution in [2.45, 2.75) is 6.61 Å². The van der Waals surface area contributed by atoms with Crippen LogP contribution in [-0.4, -0.2) is 17.5 Å². The van der Waals surface area contributed by atoms with Gasteiger partial charge in [-0.05, 0) is 24.3 Å². The molecule has 0 saturated carbocycles. The number of alkyl halides is 2. The Kier molecular flexibility index (Phi) is 4.47. The van der Waals surface area contributed by atoms with Gasteiger partial charge >= 0.3 is 6.61 Å². The number of carbonyl (C=O) groups excluding carboxylic acids is 1. The van der Waals surface area contributed by atoms with Gasteiger partial charge in [0.15, 0.2) is 0 Å². The number of amides is 1. The van der Waals surface area contributed by atoms with Crippen LogP contribution in [0, 0.1) is 0 Å². The molecule has 0 bridgehead atoms. The van der Waals surface area contributed by atoms with Crippen LogP contribution >= 0.6 is 11.6 Å². The monoisotopic (exact) mass is 298 g/mol. The van der Waals surface area contributed by atoms with Gasteiger partial charge in [-0.3, -0.25) is 4.79 Å². The summed E-state index contributed by atoms with van der Waals surface area (Å²) in [7, 11) is 0. The zero-order chi connectivity index (χ0) is 14.5. The van der Waals surface area contributed by atoms with Crippen LogP contribution < -0.4 is 10.1 Å². The number of hydrogen-bond acceptors (Lipinski definition) is 3. The minimum Gasteiger partial charge on any atom is -0.435 e. The van der Waals surface area contributed by atoms with Gasteiger partial charge in [-0.1, -0.05) is 17.7 Å². The Morgan fingerprint density at radius 2 is 2.10 bits per heavy atom. The number of halogens is 3. The van der Waals surface area contributed by atoms with Crippen molar-refractivity contribution in [1.82, 2.24) is 4.98 Å². The standard InChI is InChI=1S/C13H9ClF2N2O2/c14-11-5-4-8(7-17-11)12(19)18-9-2-1-3-10(6-9)20-13(15)16/h1-7,13H,(H,18,19). The molecule has 7 heteroatoms. The van der Waals surface area contributed by atoms with E-state index in [1.807, 2.05) is 0 Å². The van der Waals surface area contributed by atoms with E-state index in [9.17, 15) is 13.6 Å². The minimum absolute atomic E-state index is 0.0352. The van der Waals surface area contributed by atoms with E-state index >= 15 is 0 Å². The number of aromatic nitrogens is 1. The summed E-state index contributed by atoms with van der Waals surface area (Å²) in [5, 5.41) is 2.82. The molecule has 4 nitrogen and oxygen atoms in total. The molecule has 0 atom stereocenters. The maximum atomic E-state index is 12.1. The zero-order valence-corrected chi connectivity index (χ0v) is 10.8. The molecular weight excluding hydrogens is 290 g/mol. The van der Waals surface area contributed by atoms with E-state index in [-0.39, 0.29) is 10.9 Å². The Hall–Kier alpha value is -2.21. The van der Waals surface area contributed by atoms with Crippen molar-refractivity contribution < 1.29 is 18.3 Å². The molecule has 0 aliphatic rings. The molecule has 1 aromatic heterocycles. The van der Waals surface area contributed by atoms with Crippen LogP contribution in [0.4, 0.5) is 14.5 Å². The van der Waals surface area contributed by atoms with Crippen LogP contribution in [0.15, 0.2) is 42.6 Å². The smallest absolute Gasteiger partial charge is 0.387 e. The third-order valence-corrected chi connectivity index (χ3v) is 2.53. The van der Waals surface area contributed by atoms with Crippen LogP contribution in [0.25, 0.3) is 0 Å². The number of nitrogens with zero attached hydrogens (tertiary/aromatic N) is 1. The maximum Gasteiger partial charge on any atom is 0.387 e. The molecule has 2 rings (SSSR count). The summed E-state index contributed by atoms with van der Waals surface area (Å²) >= 11 is 5.62. The predicted molar refractivity (Wildman–Crippen MR) is 70.3 cm³/mol. The van der Waals surface area contributed by atoms with Gasteiger partial charge in [-0.25, -0.2) is 4.98 Å². The summed E-state index contributed by atoms with van der Waals surface area (Å²) in [5.74, 6) is -0.463. The lowest BCUT2D eigenvalue weighted by molar-refractivity contribution is -0.0497. The lowest BCUT2D eigenvalue weighted by Gasteiger charge is -2.08. The second-order valence-corrected chi connectivity index (χ2v) is 4.12. The molecule has 1 amide bonds. The topological polar surface area (TPSA) is 51.2 Å². The number of rotatable bonds is 4. The first kappa shape index (κ1) is 14.2. The lowest BCUT2D eigenvalue weighted by atomic mass is 10.2. The Morgan fingerprint density at radius 1 is 1.30 bits per heavy atom. The van der Waals surface area contributed by atoms with Gasteiger partial charge < -0.3 is 10.1 Å². The number of nitrogens with one attached hydrogen (secondary N) is 1. The second kappa shape index (κ2) is 6.29. The van der Waals surface area contributed by atoms with Gasteiger partial charge in [0.05, 0.1) is 5.56 Å². The highest BCUT2D eigenvalue weighted by molar-refractivity contribution is 6.29. The highest BCUT2D eigenvalue weighted by Crippen LogP contribution is 2.20. The van der Waals surface area contributed by atoms with E-state index in [0.29, 0.717) is 11.3 Å². The lowest BCUT2D eigenvalue weighted by Crippen LogP contribution is -2.12. The molecule has 1 heterocycles. The molecule has 20 heavy (non-hydrogen) atoms. The van der Waals surface area contributed by atoms with E-state index in [2.05, 4.69) is 15.0 Å². The fourth-order valence-electron chi connectivity index (χ4n) is 1.46. The van der Waals surface area contributed by atoms with Crippen molar-refractivity contribution in [2.24, 2.45) is 0 Å². The van der Waals surface area contributed by atoms with Crippen LogP contribution in [0.2, 0.25) is 5.15 Å². The fourth-order valence-corrected chi connectivity index (χ4v) is 1.58. The second-order valence-electron chi connectivity index (χ2n) is 3.73. The van der Waals surface area contributed by atoms with Crippen molar-refractivity contribution in [1.29, 1.82) is 0 Å². The number of anilines is 1. The summed E-state index contributed by atoms with van der Waals surface area (Å²) in [6, 6.07) is 8.70. The number of benzene rings is 1. The summed E-state index contributed by atoms with van der Waals surface area (Å²) < 4.78 is 28.4. The summed E-state index contributed by atoms with van der Waals surface area (Å²) in [5.41, 5.74) is 0.637. The molecule has 1 N–H and O–H groups in total. The normalized spacial score (nSPS) is 10.4. The Bertz CT molecular complexity index is 606. The van der Waals surface area contributed by atoms with Crippen molar-refractivity contribution in [3.05, 3.63) is 53.3 Å². The van der Waals surface area contributed by atoms with E-state index in [1.165, 1.54) is 36.5 Å². The molecule has 0 aliphatic carbocycles. The van der Waals surface area contributed by atoms with Gasteiger partial charge in [0, 0.05) is 18.0 Å². The van der Waals surface area contributed by atoms with Crippen molar-refractivity contribution in [3.8, 4) is 5.75 Å². The summed E-state index contributed by atoms with van der Waals surface area (Å²) in [6.07, 6.45) is 1.32. The van der Waals surface area contributed by atoms with E-state index < -0.39 is 12.5 Å². The van der Waals surface area contributed by atoms with Crippen molar-refractivity contribution in [2.75, 3.05) is 5.32 Å². The Balaban J connectivity index is 2.09. The van der Waals surface area contributed by atoms with Crippen LogP contribution in [-0.2, 0) is 0 Å². The molecule has 0 spiro atoms. The predicted octanol–water partition coefficient (Wildman–Crippen LogP) is 3.59. The minimum atomic E-state index is -2.92. The van der Waals surface area contributed by atoms with Crippen molar-refractivity contribution in [3.63, 3.8) is 0 Å². The molecule has 0 unspecified atom stereocenters. The van der Waals surface area contributed by atoms with Crippen molar-refractivity contribution >= 4 is 23.2 Å². The number of pyridine rings is 1. The average Bonchev–Trinajstić information content (AvgIpc) is 2.39. The molecule has 104 valence electrons.